The molecule has 1 aromatic rings. The molecule has 1 aliphatic rings. The topological polar surface area (TPSA) is 178 Å². The highest BCUT2D eigenvalue weighted by Crippen LogP contribution is 2.22. The van der Waals surface area contributed by atoms with E-state index < -0.39 is 53.2 Å². The van der Waals surface area contributed by atoms with Crippen LogP contribution in [0.15, 0.2) is 30.3 Å². The molecular formula is C28H42N4O9. The zero-order valence-corrected chi connectivity index (χ0v) is 24.6. The SMILES string of the molecule is CC(C)(C)OC(=O)N(CC1CCN(C(=O)O)CC1)NC(=O)[C@@](N)(CC(=O)OCc1ccccc1)C(=O)OC(C)(C)C. The number of hydrogen-bond donors (Lipinski definition) is 3. The standard InChI is InChI=1S/C28H42N4O9/c1-26(2,3)40-23(35)28(29,16-21(33)39-18-20-10-8-7-9-11-20)22(34)30-32(25(38)41-27(4,5)6)17-19-12-14-31(15-13-19)24(36)37/h7-11,19H,12-18,29H2,1-6H3,(H,30,34)(H,36,37)/t28-/m0/s1. The summed E-state index contributed by atoms with van der Waals surface area (Å²) in [7, 11) is 0. The molecule has 3 amide bonds. The van der Waals surface area contributed by atoms with Crippen LogP contribution in [0.4, 0.5) is 9.59 Å². The van der Waals surface area contributed by atoms with Gasteiger partial charge in [0.25, 0.3) is 5.91 Å². The van der Waals surface area contributed by atoms with Crippen molar-refractivity contribution in [2.45, 2.75) is 84.2 Å². The Balaban J connectivity index is 2.26. The van der Waals surface area contributed by atoms with Crippen molar-refractivity contribution in [2.24, 2.45) is 11.7 Å². The van der Waals surface area contributed by atoms with Crippen molar-refractivity contribution in [3.8, 4) is 0 Å². The summed E-state index contributed by atoms with van der Waals surface area (Å²) in [6, 6.07) is 8.81. The summed E-state index contributed by atoms with van der Waals surface area (Å²) < 4.78 is 16.1. The van der Waals surface area contributed by atoms with E-state index >= 15 is 0 Å². The molecule has 1 atom stereocenters. The zero-order valence-electron chi connectivity index (χ0n) is 24.6. The second-order valence-corrected chi connectivity index (χ2v) is 12.0. The maximum atomic E-state index is 13.6. The van der Waals surface area contributed by atoms with Crippen LogP contribution >= 0.6 is 0 Å². The average Bonchev–Trinajstić information content (AvgIpc) is 2.85. The van der Waals surface area contributed by atoms with Gasteiger partial charge in [-0.1, -0.05) is 30.3 Å². The van der Waals surface area contributed by atoms with Gasteiger partial charge in [0, 0.05) is 19.6 Å². The molecule has 1 aromatic carbocycles. The molecule has 0 bridgehead atoms. The summed E-state index contributed by atoms with van der Waals surface area (Å²) in [4.78, 5) is 65.2. The molecule has 0 spiro atoms. The molecule has 4 N–H and O–H groups in total. The Morgan fingerprint density at radius 3 is 2.05 bits per heavy atom. The van der Waals surface area contributed by atoms with Crippen molar-refractivity contribution >= 4 is 30.0 Å². The van der Waals surface area contributed by atoms with Crippen LogP contribution in [0.3, 0.4) is 0 Å². The van der Waals surface area contributed by atoms with E-state index in [4.69, 9.17) is 19.9 Å². The first-order chi connectivity index (χ1) is 18.9. The minimum absolute atomic E-state index is 0.0447. The van der Waals surface area contributed by atoms with E-state index in [-0.39, 0.29) is 32.2 Å². The third-order valence-electron chi connectivity index (χ3n) is 6.01. The third-order valence-corrected chi connectivity index (χ3v) is 6.01. The summed E-state index contributed by atoms with van der Waals surface area (Å²) in [5.41, 5.74) is 4.83. The number of nitrogens with zero attached hydrogens (tertiary/aromatic N) is 2. The summed E-state index contributed by atoms with van der Waals surface area (Å²) >= 11 is 0. The number of carbonyl (C=O) groups excluding carboxylic acids is 4. The van der Waals surface area contributed by atoms with Crippen LogP contribution in [-0.4, -0.2) is 81.4 Å². The van der Waals surface area contributed by atoms with Crippen molar-refractivity contribution in [3.05, 3.63) is 35.9 Å². The number of carbonyl (C=O) groups is 5. The number of hydrazine groups is 1. The van der Waals surface area contributed by atoms with Crippen LogP contribution in [0.1, 0.15) is 66.4 Å². The first-order valence-corrected chi connectivity index (χ1v) is 13.4. The molecule has 13 heteroatoms. The maximum Gasteiger partial charge on any atom is 0.429 e. The number of amides is 3. The molecule has 2 rings (SSSR count). The number of piperidine rings is 1. The lowest BCUT2D eigenvalue weighted by Gasteiger charge is -2.36. The predicted molar refractivity (Wildman–Crippen MR) is 147 cm³/mol. The molecule has 1 saturated heterocycles. The van der Waals surface area contributed by atoms with Crippen molar-refractivity contribution in [2.75, 3.05) is 19.6 Å². The van der Waals surface area contributed by atoms with E-state index in [1.54, 1.807) is 71.9 Å². The number of likely N-dealkylation sites (tertiary alicyclic amines) is 1. The van der Waals surface area contributed by atoms with Crippen LogP contribution in [-0.2, 0) is 35.2 Å². The van der Waals surface area contributed by atoms with Crippen LogP contribution in [0.25, 0.3) is 0 Å². The first-order valence-electron chi connectivity index (χ1n) is 13.4. The van der Waals surface area contributed by atoms with Gasteiger partial charge in [-0.25, -0.2) is 19.4 Å². The van der Waals surface area contributed by atoms with E-state index in [0.29, 0.717) is 18.4 Å². The van der Waals surface area contributed by atoms with Crippen molar-refractivity contribution in [3.63, 3.8) is 0 Å². The number of nitrogens with one attached hydrogen (secondary N) is 1. The molecule has 0 saturated carbocycles. The lowest BCUT2D eigenvalue weighted by molar-refractivity contribution is -0.169. The van der Waals surface area contributed by atoms with Gasteiger partial charge in [0.05, 0.1) is 6.42 Å². The van der Waals surface area contributed by atoms with Gasteiger partial charge in [-0.15, -0.1) is 0 Å². The second kappa shape index (κ2) is 13.7. The quantitative estimate of drug-likeness (QED) is 0.180. The number of nitrogens with two attached hydrogens (primary N) is 1. The van der Waals surface area contributed by atoms with Gasteiger partial charge in [0.1, 0.15) is 17.8 Å². The largest absolute Gasteiger partial charge is 0.465 e. The van der Waals surface area contributed by atoms with E-state index in [0.717, 1.165) is 5.01 Å². The van der Waals surface area contributed by atoms with E-state index in [1.165, 1.54) is 4.90 Å². The van der Waals surface area contributed by atoms with Crippen LogP contribution < -0.4 is 11.2 Å². The molecule has 0 radical (unpaired) electrons. The Morgan fingerprint density at radius 1 is 0.976 bits per heavy atom. The van der Waals surface area contributed by atoms with Gasteiger partial charge in [-0.3, -0.25) is 15.0 Å². The number of rotatable bonds is 8. The molecule has 0 unspecified atom stereocenters. The fourth-order valence-corrected chi connectivity index (χ4v) is 3.90. The van der Waals surface area contributed by atoms with Crippen LogP contribution in [0, 0.1) is 5.92 Å². The van der Waals surface area contributed by atoms with Gasteiger partial charge < -0.3 is 30.0 Å². The highest BCUT2D eigenvalue weighted by atomic mass is 16.6. The molecule has 0 aromatic heterocycles. The summed E-state index contributed by atoms with van der Waals surface area (Å²) in [5.74, 6) is -3.47. The molecule has 1 heterocycles. The summed E-state index contributed by atoms with van der Waals surface area (Å²) in [6.45, 7) is 10.0. The molecule has 228 valence electrons. The fraction of sp³-hybridized carbons (Fsp3) is 0.607. The second-order valence-electron chi connectivity index (χ2n) is 12.0. The highest BCUT2D eigenvalue weighted by Gasteiger charge is 2.49. The summed E-state index contributed by atoms with van der Waals surface area (Å²) in [6.07, 6.45) is -1.96. The first kappa shape index (κ1) is 33.3. The Labute approximate surface area is 240 Å². The summed E-state index contributed by atoms with van der Waals surface area (Å²) in [5, 5.41) is 10.1. The minimum Gasteiger partial charge on any atom is -0.465 e. The third kappa shape index (κ3) is 10.9. The Morgan fingerprint density at radius 2 is 1.54 bits per heavy atom. The molecule has 1 fully saturated rings. The van der Waals surface area contributed by atoms with Crippen molar-refractivity contribution in [1.29, 1.82) is 0 Å². The van der Waals surface area contributed by atoms with E-state index in [2.05, 4.69) is 5.43 Å². The molecule has 13 nitrogen and oxygen atoms in total. The molecular weight excluding hydrogens is 536 g/mol. The highest BCUT2D eigenvalue weighted by molar-refractivity contribution is 6.10. The van der Waals surface area contributed by atoms with Crippen LogP contribution in [0.2, 0.25) is 0 Å². The Bertz CT molecular complexity index is 1090. The zero-order chi connectivity index (χ0) is 31.0. The lowest BCUT2D eigenvalue weighted by atomic mass is 9.94. The predicted octanol–water partition coefficient (Wildman–Crippen LogP) is 2.82. The molecule has 1 aliphatic heterocycles. The minimum atomic E-state index is -2.55. The fourth-order valence-electron chi connectivity index (χ4n) is 3.90. The van der Waals surface area contributed by atoms with Gasteiger partial charge in [0.15, 0.2) is 0 Å². The monoisotopic (exact) mass is 578 g/mol. The van der Waals surface area contributed by atoms with Gasteiger partial charge in [-0.2, -0.15) is 0 Å². The van der Waals surface area contributed by atoms with Crippen LogP contribution in [0.5, 0.6) is 0 Å². The van der Waals surface area contributed by atoms with E-state index in [1.807, 2.05) is 0 Å². The van der Waals surface area contributed by atoms with Crippen molar-refractivity contribution < 1.29 is 43.3 Å². The van der Waals surface area contributed by atoms with Gasteiger partial charge in [0.2, 0.25) is 5.54 Å². The average molecular weight is 579 g/mol. The van der Waals surface area contributed by atoms with Crippen molar-refractivity contribution in [1.82, 2.24) is 15.3 Å². The van der Waals surface area contributed by atoms with Gasteiger partial charge >= 0.3 is 24.1 Å². The number of ether oxygens (including phenoxy) is 3. The molecule has 0 aliphatic carbocycles. The number of benzene rings is 1. The maximum absolute atomic E-state index is 13.6. The number of carboxylic acid groups (broad SMARTS) is 1. The smallest absolute Gasteiger partial charge is 0.429 e. The molecule has 41 heavy (non-hydrogen) atoms. The lowest BCUT2D eigenvalue weighted by Crippen LogP contribution is -2.65. The normalized spacial score (nSPS) is 15.7. The Kier molecular flexibility index (Phi) is 11.1. The Hall–Kier alpha value is -3.87. The van der Waals surface area contributed by atoms with Gasteiger partial charge in [-0.05, 0) is 65.9 Å². The number of esters is 2. The van der Waals surface area contributed by atoms with E-state index in [9.17, 15) is 29.1 Å². The number of hydrogen-bond acceptors (Lipinski definition) is 9.